The van der Waals surface area contributed by atoms with E-state index in [0.717, 1.165) is 13.0 Å². The van der Waals surface area contributed by atoms with Crippen LogP contribution in [0.2, 0.25) is 0 Å². The first-order valence-electron chi connectivity index (χ1n) is 3.01. The van der Waals surface area contributed by atoms with Crippen molar-refractivity contribution in [1.82, 2.24) is 0 Å². The SMILES string of the molecule is N=C1CC2(CC2)CO1. The lowest BCUT2D eigenvalue weighted by atomic mass is 10.1. The first-order valence-corrected chi connectivity index (χ1v) is 3.01. The summed E-state index contributed by atoms with van der Waals surface area (Å²) in [5.74, 6) is 0.502. The minimum absolute atomic E-state index is 0.469. The van der Waals surface area contributed by atoms with E-state index in [1.807, 2.05) is 0 Å². The molecule has 0 radical (unpaired) electrons. The van der Waals surface area contributed by atoms with Gasteiger partial charge in [-0.3, -0.25) is 5.41 Å². The van der Waals surface area contributed by atoms with Gasteiger partial charge in [0.05, 0.1) is 6.61 Å². The van der Waals surface area contributed by atoms with Gasteiger partial charge in [-0.25, -0.2) is 0 Å². The van der Waals surface area contributed by atoms with Crippen molar-refractivity contribution in [3.8, 4) is 0 Å². The van der Waals surface area contributed by atoms with Gasteiger partial charge in [0.1, 0.15) is 0 Å². The topological polar surface area (TPSA) is 33.1 Å². The zero-order valence-electron chi connectivity index (χ0n) is 4.74. The Kier molecular flexibility index (Phi) is 0.581. The Balaban J connectivity index is 2.13. The van der Waals surface area contributed by atoms with Gasteiger partial charge in [-0.2, -0.15) is 0 Å². The Morgan fingerprint density at radius 3 is 2.50 bits per heavy atom. The van der Waals surface area contributed by atoms with Gasteiger partial charge in [0, 0.05) is 11.8 Å². The Labute approximate surface area is 48.4 Å². The van der Waals surface area contributed by atoms with E-state index in [1.54, 1.807) is 0 Å². The van der Waals surface area contributed by atoms with Gasteiger partial charge in [0.2, 0.25) is 0 Å². The van der Waals surface area contributed by atoms with Gasteiger partial charge < -0.3 is 4.74 Å². The van der Waals surface area contributed by atoms with Gasteiger partial charge in [-0.05, 0) is 12.8 Å². The number of rotatable bonds is 0. The van der Waals surface area contributed by atoms with Gasteiger partial charge in [-0.15, -0.1) is 0 Å². The molecule has 0 aromatic heterocycles. The van der Waals surface area contributed by atoms with E-state index in [9.17, 15) is 0 Å². The van der Waals surface area contributed by atoms with Crippen LogP contribution in [0.5, 0.6) is 0 Å². The minimum Gasteiger partial charge on any atom is -0.481 e. The zero-order valence-corrected chi connectivity index (χ0v) is 4.74. The highest BCUT2D eigenvalue weighted by atomic mass is 16.5. The molecule has 1 N–H and O–H groups in total. The molecule has 44 valence electrons. The van der Waals surface area contributed by atoms with E-state index in [4.69, 9.17) is 10.1 Å². The summed E-state index contributed by atoms with van der Waals surface area (Å²) >= 11 is 0. The van der Waals surface area contributed by atoms with E-state index in [2.05, 4.69) is 0 Å². The monoisotopic (exact) mass is 111 g/mol. The fraction of sp³-hybridized carbons (Fsp3) is 0.833. The Morgan fingerprint density at radius 2 is 2.25 bits per heavy atom. The highest BCUT2D eigenvalue weighted by Gasteiger charge is 2.48. The summed E-state index contributed by atoms with van der Waals surface area (Å²) in [5, 5.41) is 7.12. The minimum atomic E-state index is 0.469. The summed E-state index contributed by atoms with van der Waals surface area (Å²) in [7, 11) is 0. The molecule has 0 amide bonds. The second kappa shape index (κ2) is 1.07. The van der Waals surface area contributed by atoms with Crippen LogP contribution in [-0.4, -0.2) is 12.5 Å². The van der Waals surface area contributed by atoms with E-state index in [1.165, 1.54) is 12.8 Å². The molecule has 2 heteroatoms. The van der Waals surface area contributed by atoms with Gasteiger partial charge in [0.15, 0.2) is 5.90 Å². The highest BCUT2D eigenvalue weighted by molar-refractivity contribution is 5.76. The van der Waals surface area contributed by atoms with Crippen molar-refractivity contribution in [3.63, 3.8) is 0 Å². The Bertz CT molecular complexity index is 137. The number of ether oxygens (including phenoxy) is 1. The molecule has 1 saturated heterocycles. The summed E-state index contributed by atoms with van der Waals surface area (Å²) in [5.41, 5.74) is 0.469. The Hall–Kier alpha value is -0.530. The van der Waals surface area contributed by atoms with E-state index < -0.39 is 0 Å². The van der Waals surface area contributed by atoms with E-state index in [-0.39, 0.29) is 0 Å². The van der Waals surface area contributed by atoms with Gasteiger partial charge >= 0.3 is 0 Å². The van der Waals surface area contributed by atoms with Crippen molar-refractivity contribution in [3.05, 3.63) is 0 Å². The fourth-order valence-electron chi connectivity index (χ4n) is 1.18. The maximum absolute atomic E-state index is 7.12. The number of nitrogens with one attached hydrogen (secondary N) is 1. The van der Waals surface area contributed by atoms with Crippen LogP contribution in [0.1, 0.15) is 19.3 Å². The van der Waals surface area contributed by atoms with E-state index >= 15 is 0 Å². The lowest BCUT2D eigenvalue weighted by Crippen LogP contribution is -1.95. The summed E-state index contributed by atoms with van der Waals surface area (Å²) in [6.07, 6.45) is 3.48. The largest absolute Gasteiger partial charge is 0.481 e. The van der Waals surface area contributed by atoms with Crippen molar-refractivity contribution < 1.29 is 4.74 Å². The molecule has 0 aromatic rings. The molecule has 1 saturated carbocycles. The first-order chi connectivity index (χ1) is 3.81. The molecule has 2 aliphatic rings. The van der Waals surface area contributed by atoms with Crippen LogP contribution in [0, 0.1) is 10.8 Å². The molecule has 2 rings (SSSR count). The summed E-state index contributed by atoms with van der Waals surface area (Å²) in [6, 6.07) is 0. The first kappa shape index (κ1) is 4.36. The summed E-state index contributed by atoms with van der Waals surface area (Å²) < 4.78 is 5.01. The fourth-order valence-corrected chi connectivity index (χ4v) is 1.18. The average molecular weight is 111 g/mol. The molecule has 1 spiro atoms. The molecule has 8 heavy (non-hydrogen) atoms. The molecule has 2 fully saturated rings. The molecule has 2 nitrogen and oxygen atoms in total. The van der Waals surface area contributed by atoms with Crippen molar-refractivity contribution in [2.75, 3.05) is 6.61 Å². The van der Waals surface area contributed by atoms with Crippen molar-refractivity contribution in [1.29, 1.82) is 5.41 Å². The third kappa shape index (κ3) is 0.457. The molecular formula is C6H9NO. The summed E-state index contributed by atoms with van der Waals surface area (Å²) in [6.45, 7) is 0.825. The third-order valence-electron chi connectivity index (χ3n) is 2.05. The predicted molar refractivity (Wildman–Crippen MR) is 30.0 cm³/mol. The van der Waals surface area contributed by atoms with Crippen LogP contribution in [0.25, 0.3) is 0 Å². The van der Waals surface area contributed by atoms with Gasteiger partial charge in [-0.1, -0.05) is 0 Å². The second-order valence-electron chi connectivity index (χ2n) is 2.89. The van der Waals surface area contributed by atoms with Crippen molar-refractivity contribution in [2.24, 2.45) is 5.41 Å². The van der Waals surface area contributed by atoms with Crippen LogP contribution in [0.4, 0.5) is 0 Å². The van der Waals surface area contributed by atoms with Crippen molar-refractivity contribution >= 4 is 5.90 Å². The molecule has 1 aliphatic carbocycles. The van der Waals surface area contributed by atoms with Crippen LogP contribution in [0.15, 0.2) is 0 Å². The molecule has 0 unspecified atom stereocenters. The lowest BCUT2D eigenvalue weighted by Gasteiger charge is -1.93. The van der Waals surface area contributed by atoms with Crippen LogP contribution in [0.3, 0.4) is 0 Å². The molecule has 1 heterocycles. The smallest absolute Gasteiger partial charge is 0.181 e. The van der Waals surface area contributed by atoms with Crippen LogP contribution in [-0.2, 0) is 4.74 Å². The maximum atomic E-state index is 7.12. The standard InChI is InChI=1S/C6H9NO/c7-5-3-6(1-2-6)4-8-5/h7H,1-4H2. The normalized spacial score (nSPS) is 30.8. The van der Waals surface area contributed by atoms with Gasteiger partial charge in [0.25, 0.3) is 0 Å². The molecule has 0 bridgehead atoms. The highest BCUT2D eigenvalue weighted by Crippen LogP contribution is 2.52. The molecule has 1 aliphatic heterocycles. The zero-order chi connectivity index (χ0) is 5.61. The molecule has 0 aromatic carbocycles. The van der Waals surface area contributed by atoms with Crippen LogP contribution < -0.4 is 0 Å². The average Bonchev–Trinajstić information content (AvgIpc) is 2.34. The number of hydrogen-bond donors (Lipinski definition) is 1. The molecular weight excluding hydrogens is 102 g/mol. The summed E-state index contributed by atoms with van der Waals surface area (Å²) in [4.78, 5) is 0. The lowest BCUT2D eigenvalue weighted by molar-refractivity contribution is 0.288. The maximum Gasteiger partial charge on any atom is 0.181 e. The Morgan fingerprint density at radius 1 is 1.50 bits per heavy atom. The molecule has 0 atom stereocenters. The van der Waals surface area contributed by atoms with Crippen LogP contribution >= 0.6 is 0 Å². The third-order valence-corrected chi connectivity index (χ3v) is 2.05. The van der Waals surface area contributed by atoms with E-state index in [0.29, 0.717) is 11.3 Å². The second-order valence-corrected chi connectivity index (χ2v) is 2.89. The quantitative estimate of drug-likeness (QED) is 0.500. The predicted octanol–water partition coefficient (Wildman–Crippen LogP) is 1.16. The number of hydrogen-bond acceptors (Lipinski definition) is 2. The van der Waals surface area contributed by atoms with Crippen molar-refractivity contribution in [2.45, 2.75) is 19.3 Å².